The van der Waals surface area contributed by atoms with Gasteiger partial charge in [-0.1, -0.05) is 0 Å². The molecule has 168 valence electrons. The predicted octanol–water partition coefficient (Wildman–Crippen LogP) is 4.41. The number of rotatable bonds is 5. The lowest BCUT2D eigenvalue weighted by atomic mass is 9.96. The molecule has 1 aliphatic heterocycles. The molecular formula is C22H29N3O5S. The first-order chi connectivity index (χ1) is 14.7. The lowest BCUT2D eigenvalue weighted by Gasteiger charge is -2.32. The summed E-state index contributed by atoms with van der Waals surface area (Å²) in [6.07, 6.45) is 0.865. The molecule has 1 aromatic carbocycles. The van der Waals surface area contributed by atoms with E-state index in [1.807, 2.05) is 44.4 Å². The van der Waals surface area contributed by atoms with E-state index >= 15 is 0 Å². The number of methoxy groups -OCH3 is 2. The first-order valence-electron chi connectivity index (χ1n) is 10.2. The van der Waals surface area contributed by atoms with Crippen molar-refractivity contribution in [1.29, 1.82) is 0 Å². The molecule has 1 saturated heterocycles. The number of piperidine rings is 1. The number of benzene rings is 1. The van der Waals surface area contributed by atoms with E-state index < -0.39 is 5.60 Å². The second-order valence-corrected chi connectivity index (χ2v) is 9.20. The van der Waals surface area contributed by atoms with Gasteiger partial charge in [-0.15, -0.1) is 11.3 Å². The number of ether oxygens (including phenoxy) is 3. The summed E-state index contributed by atoms with van der Waals surface area (Å²) >= 11 is 1.37. The second kappa shape index (κ2) is 9.55. The van der Waals surface area contributed by atoms with Crippen molar-refractivity contribution < 1.29 is 23.8 Å². The molecule has 8 nitrogen and oxygen atoms in total. The third-order valence-electron chi connectivity index (χ3n) is 4.93. The quantitative estimate of drug-likeness (QED) is 0.730. The molecule has 0 atom stereocenters. The summed E-state index contributed by atoms with van der Waals surface area (Å²) in [6, 6.07) is 5.57. The number of likely N-dealkylation sites (tertiary alicyclic amines) is 1. The summed E-state index contributed by atoms with van der Waals surface area (Å²) in [4.78, 5) is 31.1. The predicted molar refractivity (Wildman–Crippen MR) is 120 cm³/mol. The number of nitrogens with zero attached hydrogens (tertiary/aromatic N) is 2. The minimum absolute atomic E-state index is 0.0722. The highest BCUT2D eigenvalue weighted by Gasteiger charge is 2.30. The molecule has 1 N–H and O–H groups in total. The third-order valence-corrected chi connectivity index (χ3v) is 5.69. The van der Waals surface area contributed by atoms with Crippen LogP contribution in [0.25, 0.3) is 11.3 Å². The van der Waals surface area contributed by atoms with Gasteiger partial charge in [-0.25, -0.2) is 9.78 Å². The largest absolute Gasteiger partial charge is 0.493 e. The van der Waals surface area contributed by atoms with E-state index in [0.717, 1.165) is 11.3 Å². The van der Waals surface area contributed by atoms with E-state index in [0.29, 0.717) is 42.6 Å². The summed E-state index contributed by atoms with van der Waals surface area (Å²) in [5, 5.41) is 5.35. The Hall–Kier alpha value is -2.81. The Balaban J connectivity index is 1.57. The maximum atomic E-state index is 12.7. The van der Waals surface area contributed by atoms with Crippen LogP contribution in [-0.4, -0.2) is 54.8 Å². The molecule has 1 aromatic heterocycles. The Morgan fingerprint density at radius 3 is 2.42 bits per heavy atom. The van der Waals surface area contributed by atoms with Crippen LogP contribution in [0.15, 0.2) is 23.6 Å². The first-order valence-corrected chi connectivity index (χ1v) is 11.0. The van der Waals surface area contributed by atoms with Crippen molar-refractivity contribution in [2.75, 3.05) is 32.6 Å². The number of hydrogen-bond donors (Lipinski definition) is 1. The second-order valence-electron chi connectivity index (χ2n) is 8.34. The van der Waals surface area contributed by atoms with E-state index in [2.05, 4.69) is 10.3 Å². The van der Waals surface area contributed by atoms with Crippen LogP contribution in [0.1, 0.15) is 33.6 Å². The van der Waals surface area contributed by atoms with Crippen LogP contribution in [0.2, 0.25) is 0 Å². The third kappa shape index (κ3) is 5.88. The lowest BCUT2D eigenvalue weighted by molar-refractivity contribution is -0.121. The number of nitrogens with one attached hydrogen (secondary N) is 1. The topological polar surface area (TPSA) is 90.0 Å². The van der Waals surface area contributed by atoms with Gasteiger partial charge in [0.2, 0.25) is 5.91 Å². The summed E-state index contributed by atoms with van der Waals surface area (Å²) < 4.78 is 16.0. The van der Waals surface area contributed by atoms with Crippen LogP contribution in [-0.2, 0) is 9.53 Å². The number of carbonyl (C=O) groups is 2. The number of carbonyl (C=O) groups excluding carboxylic acids is 2. The van der Waals surface area contributed by atoms with Crippen molar-refractivity contribution in [2.45, 2.75) is 39.2 Å². The number of thiazole rings is 1. The van der Waals surface area contributed by atoms with E-state index in [-0.39, 0.29) is 17.9 Å². The molecule has 9 heteroatoms. The van der Waals surface area contributed by atoms with Gasteiger partial charge in [-0.3, -0.25) is 4.79 Å². The Morgan fingerprint density at radius 1 is 1.13 bits per heavy atom. The highest BCUT2D eigenvalue weighted by Crippen LogP contribution is 2.33. The van der Waals surface area contributed by atoms with Gasteiger partial charge in [0.1, 0.15) is 5.60 Å². The Morgan fingerprint density at radius 2 is 1.81 bits per heavy atom. The molecule has 2 aromatic rings. The standard InChI is InChI=1S/C22H29N3O5S/c1-22(2,3)30-21(27)25-10-8-14(9-11-25)19(26)24-20-23-16(13-31-20)15-6-7-17(28-4)18(12-15)29-5/h6-7,12-14H,8-11H2,1-5H3,(H,23,24,26). The molecule has 1 aliphatic rings. The molecule has 3 rings (SSSR count). The Kier molecular flexibility index (Phi) is 7.04. The maximum absolute atomic E-state index is 12.7. The molecule has 0 bridgehead atoms. The molecular weight excluding hydrogens is 418 g/mol. The minimum atomic E-state index is -0.526. The summed E-state index contributed by atoms with van der Waals surface area (Å²) in [7, 11) is 3.18. The summed E-state index contributed by atoms with van der Waals surface area (Å²) in [5.74, 6) is 1.03. The van der Waals surface area contributed by atoms with E-state index in [4.69, 9.17) is 14.2 Å². The highest BCUT2D eigenvalue weighted by molar-refractivity contribution is 7.14. The van der Waals surface area contributed by atoms with Crippen LogP contribution >= 0.6 is 11.3 Å². The molecule has 0 spiro atoms. The number of hydrogen-bond acceptors (Lipinski definition) is 7. The molecule has 0 unspecified atom stereocenters. The highest BCUT2D eigenvalue weighted by atomic mass is 32.1. The maximum Gasteiger partial charge on any atom is 0.410 e. The Bertz CT molecular complexity index is 929. The van der Waals surface area contributed by atoms with Crippen LogP contribution in [0.3, 0.4) is 0 Å². The molecule has 2 amide bonds. The van der Waals surface area contributed by atoms with Gasteiger partial charge >= 0.3 is 6.09 Å². The molecule has 0 aliphatic carbocycles. The fourth-order valence-corrected chi connectivity index (χ4v) is 4.04. The van der Waals surface area contributed by atoms with Crippen LogP contribution in [0, 0.1) is 5.92 Å². The van der Waals surface area contributed by atoms with Crippen molar-refractivity contribution in [3.63, 3.8) is 0 Å². The molecule has 31 heavy (non-hydrogen) atoms. The molecule has 1 fully saturated rings. The molecule has 0 radical (unpaired) electrons. The van der Waals surface area contributed by atoms with Gasteiger partial charge in [0, 0.05) is 30.0 Å². The fraction of sp³-hybridized carbons (Fsp3) is 0.500. The van der Waals surface area contributed by atoms with Crippen molar-refractivity contribution in [3.05, 3.63) is 23.6 Å². The average Bonchev–Trinajstić information content (AvgIpc) is 3.20. The number of aromatic nitrogens is 1. The van der Waals surface area contributed by atoms with Crippen molar-refractivity contribution >= 4 is 28.5 Å². The first kappa shape index (κ1) is 22.9. The summed E-state index contributed by atoms with van der Waals surface area (Å²) in [6.45, 7) is 6.53. The lowest BCUT2D eigenvalue weighted by Crippen LogP contribution is -2.43. The molecule has 2 heterocycles. The molecule has 0 saturated carbocycles. The average molecular weight is 448 g/mol. The smallest absolute Gasteiger partial charge is 0.410 e. The van der Waals surface area contributed by atoms with Crippen molar-refractivity contribution in [1.82, 2.24) is 9.88 Å². The zero-order chi connectivity index (χ0) is 22.6. The van der Waals surface area contributed by atoms with E-state index in [9.17, 15) is 9.59 Å². The van der Waals surface area contributed by atoms with Gasteiger partial charge < -0.3 is 24.4 Å². The zero-order valence-electron chi connectivity index (χ0n) is 18.6. The SMILES string of the molecule is COc1ccc(-c2csc(NC(=O)C3CCN(C(=O)OC(C)(C)C)CC3)n2)cc1OC. The van der Waals surface area contributed by atoms with Gasteiger partial charge in [0.05, 0.1) is 19.9 Å². The van der Waals surface area contributed by atoms with Gasteiger partial charge in [-0.2, -0.15) is 0 Å². The van der Waals surface area contributed by atoms with E-state index in [1.165, 1.54) is 11.3 Å². The monoisotopic (exact) mass is 447 g/mol. The summed E-state index contributed by atoms with van der Waals surface area (Å²) in [5.41, 5.74) is 1.10. The van der Waals surface area contributed by atoms with Crippen molar-refractivity contribution in [2.24, 2.45) is 5.92 Å². The normalized spacial score (nSPS) is 14.8. The van der Waals surface area contributed by atoms with E-state index in [1.54, 1.807) is 19.1 Å². The zero-order valence-corrected chi connectivity index (χ0v) is 19.4. The minimum Gasteiger partial charge on any atom is -0.493 e. The number of amides is 2. The van der Waals surface area contributed by atoms with Crippen LogP contribution < -0.4 is 14.8 Å². The van der Waals surface area contributed by atoms with Crippen LogP contribution in [0.4, 0.5) is 9.93 Å². The van der Waals surface area contributed by atoms with Crippen LogP contribution in [0.5, 0.6) is 11.5 Å². The van der Waals surface area contributed by atoms with Crippen molar-refractivity contribution in [3.8, 4) is 22.8 Å². The number of anilines is 1. The van der Waals surface area contributed by atoms with Gasteiger partial charge in [0.25, 0.3) is 0 Å². The van der Waals surface area contributed by atoms with Gasteiger partial charge in [0.15, 0.2) is 16.6 Å². The fourth-order valence-electron chi connectivity index (χ4n) is 3.32. The van der Waals surface area contributed by atoms with Gasteiger partial charge in [-0.05, 0) is 51.8 Å². The Labute approximate surface area is 186 Å².